The monoisotopic (exact) mass is 640 g/mol. The smallest absolute Gasteiger partial charge is 0.271 e. The summed E-state index contributed by atoms with van der Waals surface area (Å²) in [5, 5.41) is 7.58. The molecule has 5 N–H and O–H groups in total. The maximum Gasteiger partial charge on any atom is 0.271 e. The van der Waals surface area contributed by atoms with Gasteiger partial charge in [-0.05, 0) is 63.1 Å². The Kier molecular flexibility index (Phi) is 7.69. The van der Waals surface area contributed by atoms with Crippen LogP contribution in [0.3, 0.4) is 0 Å². The first-order chi connectivity index (χ1) is 22.8. The molecule has 1 amide bonds. The zero-order valence-corrected chi connectivity index (χ0v) is 26.6. The Morgan fingerprint density at radius 2 is 1.83 bits per heavy atom. The molecular weight excluding hydrogens is 599 g/mol. The van der Waals surface area contributed by atoms with Crippen LogP contribution in [0.25, 0.3) is 22.3 Å². The van der Waals surface area contributed by atoms with Crippen LogP contribution in [0, 0.1) is 11.2 Å². The first-order valence-corrected chi connectivity index (χ1v) is 16.6. The molecule has 3 aromatic heterocycles. The molecule has 12 nitrogen and oxygen atoms in total. The fourth-order valence-corrected chi connectivity index (χ4v) is 7.69. The second kappa shape index (κ2) is 12.0. The van der Waals surface area contributed by atoms with Gasteiger partial charge in [-0.25, -0.2) is 19.3 Å². The summed E-state index contributed by atoms with van der Waals surface area (Å²) in [5.41, 5.74) is 9.09. The van der Waals surface area contributed by atoms with Gasteiger partial charge in [0.05, 0.1) is 18.9 Å². The van der Waals surface area contributed by atoms with Crippen LogP contribution in [0.1, 0.15) is 36.2 Å². The van der Waals surface area contributed by atoms with Crippen molar-refractivity contribution in [3.05, 3.63) is 54.2 Å². The fraction of sp³-hybridized carbons (Fsp3) is 0.471. The summed E-state index contributed by atoms with van der Waals surface area (Å²) in [6.07, 6.45) is 7.47. The van der Waals surface area contributed by atoms with Crippen molar-refractivity contribution in [2.45, 2.75) is 37.8 Å². The number of benzene rings is 1. The molecular formula is C34H41FN10O2. The quantitative estimate of drug-likeness (QED) is 0.225. The average molecular weight is 641 g/mol. The van der Waals surface area contributed by atoms with Gasteiger partial charge in [0.15, 0.2) is 17.3 Å². The number of nitrogens with one attached hydrogen (secondary N) is 3. The van der Waals surface area contributed by atoms with Crippen LogP contribution in [0.4, 0.5) is 27.4 Å². The predicted molar refractivity (Wildman–Crippen MR) is 180 cm³/mol. The number of nitrogens with two attached hydrogens (primary N) is 1. The van der Waals surface area contributed by atoms with Gasteiger partial charge in [0, 0.05) is 85.8 Å². The number of hydrogen-bond donors (Lipinski definition) is 4. The Bertz CT molecular complexity index is 1780. The minimum atomic E-state index is -0.735. The van der Waals surface area contributed by atoms with Gasteiger partial charge < -0.3 is 35.9 Å². The highest BCUT2D eigenvalue weighted by atomic mass is 19.1. The van der Waals surface area contributed by atoms with Gasteiger partial charge in [-0.1, -0.05) is 0 Å². The lowest BCUT2D eigenvalue weighted by Gasteiger charge is -2.53. The minimum Gasteiger partial charge on any atom is -0.380 e. The number of anilines is 4. The lowest BCUT2D eigenvalue weighted by molar-refractivity contribution is -0.159. The predicted octanol–water partition coefficient (Wildman–Crippen LogP) is 3.81. The number of hydrogen-bond acceptors (Lipinski definition) is 10. The van der Waals surface area contributed by atoms with Crippen molar-refractivity contribution in [1.29, 1.82) is 0 Å². The number of aromatic amines is 1. The Balaban J connectivity index is 1.05. The molecule has 4 aliphatic rings. The van der Waals surface area contributed by atoms with Gasteiger partial charge in [0.1, 0.15) is 17.2 Å². The molecule has 4 fully saturated rings. The first-order valence-electron chi connectivity index (χ1n) is 16.6. The zero-order valence-electron chi connectivity index (χ0n) is 26.6. The number of pyridine rings is 1. The normalized spacial score (nSPS) is 20.7. The van der Waals surface area contributed by atoms with Crippen molar-refractivity contribution in [3.8, 4) is 11.3 Å². The highest BCUT2D eigenvalue weighted by Crippen LogP contribution is 2.48. The number of fused-ring (bicyclic) bond motifs is 1. The van der Waals surface area contributed by atoms with Crippen molar-refractivity contribution in [2.24, 2.45) is 11.1 Å². The Morgan fingerprint density at radius 1 is 1.04 bits per heavy atom. The number of amides is 1. The SMILES string of the molecule is CN1CCN(C2CCN(c3ccc(Nc4nc(NC5CC6(COC6)C5)c(-c5ccnc6[nH]ccc56)nc4C(N)=O)cc3F)CC2)CC1. The minimum absolute atomic E-state index is 0.0287. The summed E-state index contributed by atoms with van der Waals surface area (Å²) >= 11 is 0. The Morgan fingerprint density at radius 3 is 2.53 bits per heavy atom. The highest BCUT2D eigenvalue weighted by molar-refractivity contribution is 6.00. The maximum atomic E-state index is 15.7. The number of carbonyl (C=O) groups excluding carboxylic acids is 1. The van der Waals surface area contributed by atoms with Crippen LogP contribution in [-0.4, -0.2) is 107 Å². The van der Waals surface area contributed by atoms with E-state index in [0.29, 0.717) is 34.6 Å². The number of carbonyl (C=O) groups is 1. The molecule has 1 spiro atoms. The third kappa shape index (κ3) is 5.76. The number of H-pyrrole nitrogens is 1. The van der Waals surface area contributed by atoms with E-state index in [4.69, 9.17) is 20.4 Å². The third-order valence-corrected chi connectivity index (χ3v) is 10.4. The van der Waals surface area contributed by atoms with Crippen LogP contribution in [-0.2, 0) is 4.74 Å². The molecule has 0 radical (unpaired) electrons. The fourth-order valence-electron chi connectivity index (χ4n) is 7.69. The molecule has 1 aliphatic carbocycles. The van der Waals surface area contributed by atoms with E-state index in [0.717, 1.165) is 89.1 Å². The molecule has 0 unspecified atom stereocenters. The molecule has 0 atom stereocenters. The number of piperazine rings is 1. The zero-order chi connectivity index (χ0) is 32.1. The van der Waals surface area contributed by atoms with E-state index < -0.39 is 5.91 Å². The Labute approximate surface area is 272 Å². The number of rotatable bonds is 8. The van der Waals surface area contributed by atoms with Gasteiger partial charge in [-0.2, -0.15) is 0 Å². The van der Waals surface area contributed by atoms with Crippen molar-refractivity contribution >= 4 is 40.0 Å². The lowest BCUT2D eigenvalue weighted by Crippen LogP contribution is -2.56. The molecule has 13 heteroatoms. The van der Waals surface area contributed by atoms with E-state index in [1.165, 1.54) is 6.07 Å². The summed E-state index contributed by atoms with van der Waals surface area (Å²) in [6.45, 7) is 7.58. The van der Waals surface area contributed by atoms with Crippen LogP contribution in [0.2, 0.25) is 0 Å². The van der Waals surface area contributed by atoms with Gasteiger partial charge >= 0.3 is 0 Å². The van der Waals surface area contributed by atoms with E-state index in [1.807, 2.05) is 24.4 Å². The lowest BCUT2D eigenvalue weighted by atomic mass is 9.64. The number of ether oxygens (including phenoxy) is 1. The van der Waals surface area contributed by atoms with E-state index in [-0.39, 0.29) is 28.8 Å². The molecule has 246 valence electrons. The number of nitrogens with zero attached hydrogens (tertiary/aromatic N) is 6. The summed E-state index contributed by atoms with van der Waals surface area (Å²) in [5.74, 6) is -0.372. The molecule has 0 bridgehead atoms. The van der Waals surface area contributed by atoms with Crippen molar-refractivity contribution < 1.29 is 13.9 Å². The summed E-state index contributed by atoms with van der Waals surface area (Å²) < 4.78 is 21.1. The molecule has 1 saturated carbocycles. The topological polar surface area (TPSA) is 141 Å². The molecule has 4 aromatic rings. The average Bonchev–Trinajstić information content (AvgIpc) is 3.52. The van der Waals surface area contributed by atoms with Gasteiger partial charge in [0.2, 0.25) is 0 Å². The first kappa shape index (κ1) is 30.0. The molecule has 47 heavy (non-hydrogen) atoms. The van der Waals surface area contributed by atoms with Crippen LogP contribution < -0.4 is 21.3 Å². The largest absolute Gasteiger partial charge is 0.380 e. The van der Waals surface area contributed by atoms with Crippen molar-refractivity contribution in [2.75, 3.05) is 75.1 Å². The van der Waals surface area contributed by atoms with Crippen LogP contribution in [0.15, 0.2) is 42.7 Å². The number of halogens is 1. The second-order valence-electron chi connectivity index (χ2n) is 13.7. The Hall–Kier alpha value is -4.33. The molecule has 3 saturated heterocycles. The van der Waals surface area contributed by atoms with E-state index in [9.17, 15) is 4.79 Å². The van der Waals surface area contributed by atoms with Gasteiger partial charge in [0.25, 0.3) is 5.91 Å². The molecule has 6 heterocycles. The second-order valence-corrected chi connectivity index (χ2v) is 13.7. The number of aromatic nitrogens is 4. The number of piperidine rings is 1. The van der Waals surface area contributed by atoms with Crippen LogP contribution in [0.5, 0.6) is 0 Å². The van der Waals surface area contributed by atoms with Gasteiger partial charge in [-0.15, -0.1) is 0 Å². The number of likely N-dealkylation sites (N-methyl/N-ethyl adjacent to an activating group) is 1. The van der Waals surface area contributed by atoms with E-state index in [2.05, 4.69) is 42.3 Å². The highest BCUT2D eigenvalue weighted by Gasteiger charge is 2.50. The summed E-state index contributed by atoms with van der Waals surface area (Å²) in [6, 6.07) is 9.57. The summed E-state index contributed by atoms with van der Waals surface area (Å²) in [7, 11) is 2.17. The molecule has 8 rings (SSSR count). The third-order valence-electron chi connectivity index (χ3n) is 10.4. The van der Waals surface area contributed by atoms with E-state index in [1.54, 1.807) is 12.3 Å². The van der Waals surface area contributed by atoms with Crippen molar-refractivity contribution in [1.82, 2.24) is 29.7 Å². The molecule has 1 aromatic carbocycles. The summed E-state index contributed by atoms with van der Waals surface area (Å²) in [4.78, 5) is 37.1. The number of primary amides is 1. The van der Waals surface area contributed by atoms with Gasteiger partial charge in [-0.3, -0.25) is 9.69 Å². The standard InChI is InChI=1S/C34H41FN10O2/c1-43-12-14-44(15-13-43)23-6-10-45(11-7-23)27-3-2-21(16-26(27)35)39-33-29(30(36)46)41-28(24-4-8-37-31-25(24)5-9-38-31)32(42-33)40-22-17-34(18-22)19-47-20-34/h2-5,8-9,16,22-23H,6-7,10-15,17-20H2,1H3,(H2,36,46)(H,37,38)(H2,39,40,42). The van der Waals surface area contributed by atoms with E-state index >= 15 is 4.39 Å². The maximum absolute atomic E-state index is 15.7. The van der Waals surface area contributed by atoms with Crippen LogP contribution >= 0.6 is 0 Å². The van der Waals surface area contributed by atoms with Crippen molar-refractivity contribution in [3.63, 3.8) is 0 Å². The molecule has 3 aliphatic heterocycles.